The lowest BCUT2D eigenvalue weighted by atomic mass is 10.2. The fraction of sp³-hybridized carbons (Fsp3) is 0.375. The molecule has 1 heterocycles. The zero-order valence-corrected chi connectivity index (χ0v) is 13.0. The van der Waals surface area contributed by atoms with Crippen molar-refractivity contribution in [3.63, 3.8) is 0 Å². The first-order chi connectivity index (χ1) is 10.8. The van der Waals surface area contributed by atoms with Crippen LogP contribution in [0.1, 0.15) is 18.2 Å². The molecule has 0 saturated carbocycles. The van der Waals surface area contributed by atoms with Gasteiger partial charge in [-0.2, -0.15) is 13.2 Å². The summed E-state index contributed by atoms with van der Waals surface area (Å²) in [6.45, 7) is 3.46. The molecule has 7 heteroatoms. The minimum absolute atomic E-state index is 0.0229. The van der Waals surface area contributed by atoms with Gasteiger partial charge in [0.2, 0.25) is 0 Å². The molecule has 2 rings (SSSR count). The van der Waals surface area contributed by atoms with Crippen molar-refractivity contribution in [3.8, 4) is 0 Å². The number of alkyl halides is 3. The molecule has 1 atom stereocenters. The molecule has 124 valence electrons. The number of nitrogens with one attached hydrogen (secondary N) is 1. The predicted octanol–water partition coefficient (Wildman–Crippen LogP) is 3.43. The van der Waals surface area contributed by atoms with Crippen molar-refractivity contribution in [1.82, 2.24) is 15.1 Å². The van der Waals surface area contributed by atoms with E-state index in [-0.39, 0.29) is 6.04 Å². The quantitative estimate of drug-likeness (QED) is 0.884. The van der Waals surface area contributed by atoms with E-state index >= 15 is 0 Å². The third kappa shape index (κ3) is 5.52. The molecule has 2 aromatic rings. The smallest absolute Gasteiger partial charge is 0.365 e. The minimum atomic E-state index is -4.47. The molecule has 1 unspecified atom stereocenters. The van der Waals surface area contributed by atoms with E-state index < -0.39 is 11.9 Å². The van der Waals surface area contributed by atoms with Crippen molar-refractivity contribution < 1.29 is 13.2 Å². The molecule has 0 aliphatic heterocycles. The van der Waals surface area contributed by atoms with Crippen molar-refractivity contribution >= 4 is 5.82 Å². The predicted molar refractivity (Wildman–Crippen MR) is 82.9 cm³/mol. The molecule has 4 nitrogen and oxygen atoms in total. The fourth-order valence-corrected chi connectivity index (χ4v) is 2.29. The van der Waals surface area contributed by atoms with E-state index in [2.05, 4.69) is 32.5 Å². The van der Waals surface area contributed by atoms with Crippen molar-refractivity contribution in [2.24, 2.45) is 0 Å². The highest BCUT2D eigenvalue weighted by Crippen LogP contribution is 2.27. The molecule has 0 aliphatic carbocycles. The van der Waals surface area contributed by atoms with Crippen LogP contribution in [0, 0.1) is 0 Å². The second kappa shape index (κ2) is 7.41. The number of hydrogen-bond donors (Lipinski definition) is 1. The maximum absolute atomic E-state index is 12.4. The maximum Gasteiger partial charge on any atom is 0.435 e. The van der Waals surface area contributed by atoms with E-state index in [0.29, 0.717) is 5.82 Å². The summed E-state index contributed by atoms with van der Waals surface area (Å²) in [4.78, 5) is 2.13. The summed E-state index contributed by atoms with van der Waals surface area (Å²) in [6, 6.07) is 12.3. The number of rotatable bonds is 6. The Balaban J connectivity index is 1.85. The molecule has 0 spiro atoms. The maximum atomic E-state index is 12.4. The van der Waals surface area contributed by atoms with Crippen LogP contribution >= 0.6 is 0 Å². The molecule has 0 amide bonds. The Morgan fingerprint density at radius 2 is 1.78 bits per heavy atom. The van der Waals surface area contributed by atoms with Crippen LogP contribution < -0.4 is 5.32 Å². The summed E-state index contributed by atoms with van der Waals surface area (Å²) in [5.41, 5.74) is 0.216. The van der Waals surface area contributed by atoms with Crippen LogP contribution in [0.15, 0.2) is 42.5 Å². The van der Waals surface area contributed by atoms with Gasteiger partial charge in [-0.15, -0.1) is 10.2 Å². The molecule has 0 saturated heterocycles. The molecule has 0 radical (unpaired) electrons. The highest BCUT2D eigenvalue weighted by molar-refractivity contribution is 5.34. The summed E-state index contributed by atoms with van der Waals surface area (Å²) < 4.78 is 37.3. The van der Waals surface area contributed by atoms with Crippen molar-refractivity contribution in [2.45, 2.75) is 25.7 Å². The lowest BCUT2D eigenvalue weighted by molar-refractivity contribution is -0.141. The summed E-state index contributed by atoms with van der Waals surface area (Å²) in [5.74, 6) is 0.332. The number of hydrogen-bond acceptors (Lipinski definition) is 4. The van der Waals surface area contributed by atoms with E-state index in [1.165, 1.54) is 11.6 Å². The third-order valence-corrected chi connectivity index (χ3v) is 3.23. The average molecular weight is 324 g/mol. The first kappa shape index (κ1) is 17.2. The van der Waals surface area contributed by atoms with Crippen LogP contribution in [0.25, 0.3) is 0 Å². The lowest BCUT2D eigenvalue weighted by Crippen LogP contribution is -2.32. The molecule has 0 fully saturated rings. The van der Waals surface area contributed by atoms with Gasteiger partial charge >= 0.3 is 6.18 Å². The second-order valence-electron chi connectivity index (χ2n) is 5.53. The van der Waals surface area contributed by atoms with Gasteiger partial charge in [-0.3, -0.25) is 0 Å². The van der Waals surface area contributed by atoms with Crippen LogP contribution in [0.5, 0.6) is 0 Å². The van der Waals surface area contributed by atoms with Gasteiger partial charge in [0.05, 0.1) is 0 Å². The Bertz CT molecular complexity index is 599. The van der Waals surface area contributed by atoms with Gasteiger partial charge < -0.3 is 10.2 Å². The zero-order valence-electron chi connectivity index (χ0n) is 13.0. The Morgan fingerprint density at radius 1 is 1.09 bits per heavy atom. The number of benzene rings is 1. The molecular weight excluding hydrogens is 305 g/mol. The van der Waals surface area contributed by atoms with E-state index in [9.17, 15) is 13.2 Å². The standard InChI is InChI=1S/C16H19F3N4/c1-12(10-23(2)11-13-6-4-3-5-7-13)20-15-9-8-14(21-22-15)16(17,18)19/h3-9,12H,10-11H2,1-2H3,(H,20,22). The van der Waals surface area contributed by atoms with E-state index in [1.807, 2.05) is 32.2 Å². The number of anilines is 1. The summed E-state index contributed by atoms with van der Waals surface area (Å²) in [5, 5.41) is 9.83. The van der Waals surface area contributed by atoms with Crippen LogP contribution in [-0.4, -0.2) is 34.7 Å². The SMILES string of the molecule is CC(CN(C)Cc1ccccc1)Nc1ccc(C(F)(F)F)nn1. The summed E-state index contributed by atoms with van der Waals surface area (Å²) in [6.07, 6.45) is -4.47. The lowest BCUT2D eigenvalue weighted by Gasteiger charge is -2.22. The Hall–Kier alpha value is -2.15. The highest BCUT2D eigenvalue weighted by atomic mass is 19.4. The highest BCUT2D eigenvalue weighted by Gasteiger charge is 2.32. The van der Waals surface area contributed by atoms with Gasteiger partial charge in [0.25, 0.3) is 0 Å². The molecule has 0 aliphatic rings. The van der Waals surface area contributed by atoms with Crippen molar-refractivity contribution in [1.29, 1.82) is 0 Å². The molecular formula is C16H19F3N4. The third-order valence-electron chi connectivity index (χ3n) is 3.23. The van der Waals surface area contributed by atoms with Crippen LogP contribution in [-0.2, 0) is 12.7 Å². The Kier molecular flexibility index (Phi) is 5.54. The fourth-order valence-electron chi connectivity index (χ4n) is 2.29. The normalized spacial score (nSPS) is 13.1. The number of likely N-dealkylation sites (N-methyl/N-ethyl adjacent to an activating group) is 1. The molecule has 1 aromatic carbocycles. The van der Waals surface area contributed by atoms with E-state index in [4.69, 9.17) is 0 Å². The van der Waals surface area contributed by atoms with Crippen LogP contribution in [0.4, 0.5) is 19.0 Å². The van der Waals surface area contributed by atoms with E-state index in [1.54, 1.807) is 0 Å². The van der Waals surface area contributed by atoms with Crippen molar-refractivity contribution in [3.05, 3.63) is 53.7 Å². The molecule has 0 bridgehead atoms. The minimum Gasteiger partial charge on any atom is -0.365 e. The van der Waals surface area contributed by atoms with Gasteiger partial charge in [0, 0.05) is 19.1 Å². The van der Waals surface area contributed by atoms with Crippen LogP contribution in [0.2, 0.25) is 0 Å². The molecule has 1 N–H and O–H groups in total. The second-order valence-corrected chi connectivity index (χ2v) is 5.53. The summed E-state index contributed by atoms with van der Waals surface area (Å²) >= 11 is 0. The van der Waals surface area contributed by atoms with E-state index in [0.717, 1.165) is 19.2 Å². The molecule has 23 heavy (non-hydrogen) atoms. The van der Waals surface area contributed by atoms with Gasteiger partial charge in [-0.05, 0) is 31.7 Å². The van der Waals surface area contributed by atoms with Crippen molar-refractivity contribution in [2.75, 3.05) is 18.9 Å². The average Bonchev–Trinajstić information content (AvgIpc) is 2.47. The van der Waals surface area contributed by atoms with Gasteiger partial charge in [-0.1, -0.05) is 30.3 Å². The van der Waals surface area contributed by atoms with Crippen LogP contribution in [0.3, 0.4) is 0 Å². The monoisotopic (exact) mass is 324 g/mol. The number of aromatic nitrogens is 2. The zero-order chi connectivity index (χ0) is 16.9. The largest absolute Gasteiger partial charge is 0.435 e. The summed E-state index contributed by atoms with van der Waals surface area (Å²) in [7, 11) is 1.99. The first-order valence-electron chi connectivity index (χ1n) is 7.24. The molecule has 1 aromatic heterocycles. The number of nitrogens with zero attached hydrogens (tertiary/aromatic N) is 3. The van der Waals surface area contributed by atoms with Gasteiger partial charge in [0.1, 0.15) is 5.82 Å². The van der Waals surface area contributed by atoms with Gasteiger partial charge in [-0.25, -0.2) is 0 Å². The first-order valence-corrected chi connectivity index (χ1v) is 7.24. The Morgan fingerprint density at radius 3 is 2.35 bits per heavy atom. The topological polar surface area (TPSA) is 41.0 Å². The van der Waals surface area contributed by atoms with Gasteiger partial charge in [0.15, 0.2) is 5.69 Å². The Labute approximate surface area is 133 Å². The number of halogens is 3.